The zero-order chi connectivity index (χ0) is 17.9. The van der Waals surface area contributed by atoms with Crippen molar-refractivity contribution in [3.8, 4) is 5.75 Å². The number of carbonyl (C=O) groups is 1. The maximum atomic E-state index is 11.8. The van der Waals surface area contributed by atoms with E-state index in [1.165, 1.54) is 25.3 Å². The second kappa shape index (κ2) is 10.9. The Kier molecular flexibility index (Phi) is 12.2. The summed E-state index contributed by atoms with van der Waals surface area (Å²) in [6.45, 7) is -0.647. The molecule has 2 atom stereocenters. The second-order valence-electron chi connectivity index (χ2n) is 4.55. The topological polar surface area (TPSA) is 179 Å². The van der Waals surface area contributed by atoms with Crippen molar-refractivity contribution in [3.63, 3.8) is 0 Å². The van der Waals surface area contributed by atoms with Gasteiger partial charge in [0.1, 0.15) is 5.75 Å². The van der Waals surface area contributed by atoms with Gasteiger partial charge < -0.3 is 43.9 Å². The van der Waals surface area contributed by atoms with Crippen molar-refractivity contribution in [1.29, 1.82) is 0 Å². The summed E-state index contributed by atoms with van der Waals surface area (Å²) in [5, 5.41) is 7.90. The molecule has 0 radical (unpaired) electrons. The predicted octanol–water partition coefficient (Wildman–Crippen LogP) is -7.44. The molecule has 0 saturated heterocycles. The maximum Gasteiger partial charge on any atom is 1.00 e. The van der Waals surface area contributed by atoms with Crippen LogP contribution in [0, 0.1) is 0 Å². The molecule has 25 heavy (non-hydrogen) atoms. The number of rotatable bonds is 7. The second-order valence-corrected chi connectivity index (χ2v) is 8.47. The van der Waals surface area contributed by atoms with E-state index in [2.05, 4.69) is 5.32 Å². The summed E-state index contributed by atoms with van der Waals surface area (Å²) in [6.07, 6.45) is -1.16. The Balaban J connectivity index is 0. The molecule has 10 nitrogen and oxygen atoms in total. The van der Waals surface area contributed by atoms with Crippen LogP contribution in [0.2, 0.25) is 0 Å². The van der Waals surface area contributed by atoms with Gasteiger partial charge in [0.2, 0.25) is 0 Å². The molecule has 130 valence electrons. The molecule has 0 aliphatic heterocycles. The normalized spacial score (nSPS) is 17.5. The Bertz CT molecular complexity index is 653. The first-order valence-electron chi connectivity index (χ1n) is 6.15. The fourth-order valence-electron chi connectivity index (χ4n) is 1.65. The molecule has 0 spiro atoms. The van der Waals surface area contributed by atoms with Crippen molar-refractivity contribution in [2.45, 2.75) is 11.5 Å². The molecule has 0 aliphatic carbocycles. The number of aliphatic hydroxyl groups is 1. The van der Waals surface area contributed by atoms with Gasteiger partial charge in [0, 0.05) is 18.5 Å². The van der Waals surface area contributed by atoms with Gasteiger partial charge in [-0.3, -0.25) is 4.79 Å². The van der Waals surface area contributed by atoms with Crippen LogP contribution >= 0.6 is 15.2 Å². The number of methoxy groups -OCH3 is 1. The third-order valence-electron chi connectivity index (χ3n) is 2.98. The van der Waals surface area contributed by atoms with Gasteiger partial charge in [0.15, 0.2) is 20.3 Å². The summed E-state index contributed by atoms with van der Waals surface area (Å²) in [5.74, 6) is -0.323. The summed E-state index contributed by atoms with van der Waals surface area (Å²) in [5.41, 5.74) is 0.136. The van der Waals surface area contributed by atoms with E-state index in [0.717, 1.165) is 0 Å². The van der Waals surface area contributed by atoms with E-state index in [4.69, 9.17) is 14.5 Å². The molecule has 0 aliphatic rings. The van der Waals surface area contributed by atoms with E-state index >= 15 is 0 Å². The van der Waals surface area contributed by atoms with Crippen LogP contribution < -0.4 is 79.0 Å². The Labute approximate surface area is 188 Å². The van der Waals surface area contributed by atoms with Crippen LogP contribution in [-0.4, -0.2) is 39.5 Å². The van der Waals surface area contributed by atoms with Crippen molar-refractivity contribution in [3.05, 3.63) is 29.8 Å². The van der Waals surface area contributed by atoms with Crippen molar-refractivity contribution in [1.82, 2.24) is 5.32 Å². The summed E-state index contributed by atoms with van der Waals surface area (Å²) < 4.78 is 26.9. The summed E-state index contributed by atoms with van der Waals surface area (Å²) in [7, 11) is -10.3. The van der Waals surface area contributed by atoms with Crippen LogP contribution in [0.5, 0.6) is 5.75 Å². The third kappa shape index (κ3) is 7.35. The van der Waals surface area contributed by atoms with Crippen LogP contribution in [0.1, 0.15) is 16.8 Å². The molecule has 0 aromatic heterocycles. The smallest absolute Gasteiger partial charge is 0.776 e. The molecular formula is C11H15NNa2O9P2. The number of benzene rings is 1. The average Bonchev–Trinajstić information content (AvgIpc) is 2.44. The standard InChI is InChI=1S/C11H17NO9P2.2Na/c1-21-9-4-2-3-8(7-9)10(13)12-6-5-11(14,22(15,16)17)23(18,19)20;;/h2-4,7,14H,5-6H2,1H3,(H,12,13)(H2,15,16,17)(H2,18,19,20);;/q;2*+1/p-2. The Hall–Kier alpha value is 0.750. The molecule has 1 amide bonds. The molecular weight excluding hydrogens is 398 g/mol. The Morgan fingerprint density at radius 3 is 2.20 bits per heavy atom. The van der Waals surface area contributed by atoms with Crippen LogP contribution in [0.4, 0.5) is 0 Å². The van der Waals surface area contributed by atoms with Gasteiger partial charge in [0.05, 0.1) is 7.11 Å². The number of hydrogen-bond donors (Lipinski definition) is 4. The maximum absolute atomic E-state index is 11.8. The van der Waals surface area contributed by atoms with Crippen molar-refractivity contribution in [2.75, 3.05) is 13.7 Å². The van der Waals surface area contributed by atoms with Crippen LogP contribution in [0.15, 0.2) is 24.3 Å². The molecule has 0 bridgehead atoms. The molecule has 4 N–H and O–H groups in total. The van der Waals surface area contributed by atoms with Gasteiger partial charge in [-0.25, -0.2) is 0 Å². The van der Waals surface area contributed by atoms with Gasteiger partial charge in [0.25, 0.3) is 5.91 Å². The molecule has 1 aromatic rings. The molecule has 1 rings (SSSR count). The van der Waals surface area contributed by atoms with Gasteiger partial charge >= 0.3 is 59.1 Å². The minimum Gasteiger partial charge on any atom is -0.776 e. The number of nitrogens with one attached hydrogen (secondary N) is 1. The van der Waals surface area contributed by atoms with Crippen molar-refractivity contribution in [2.24, 2.45) is 0 Å². The van der Waals surface area contributed by atoms with E-state index in [0.29, 0.717) is 5.75 Å². The largest absolute Gasteiger partial charge is 1.00 e. The fraction of sp³-hybridized carbons (Fsp3) is 0.364. The molecule has 14 heteroatoms. The molecule has 1 aromatic carbocycles. The minimum atomic E-state index is -5.85. The van der Waals surface area contributed by atoms with E-state index in [9.17, 15) is 28.8 Å². The Morgan fingerprint density at radius 2 is 1.76 bits per heavy atom. The number of amides is 1. The first-order valence-corrected chi connectivity index (χ1v) is 9.30. The van der Waals surface area contributed by atoms with Gasteiger partial charge in [-0.05, 0) is 18.2 Å². The number of hydrogen-bond acceptors (Lipinski definition) is 7. The third-order valence-corrected chi connectivity index (χ3v) is 6.76. The quantitative estimate of drug-likeness (QED) is 0.250. The summed E-state index contributed by atoms with van der Waals surface area (Å²) in [4.78, 5) is 51.5. The van der Waals surface area contributed by atoms with E-state index in [-0.39, 0.29) is 64.7 Å². The van der Waals surface area contributed by atoms with Crippen LogP contribution in [0.3, 0.4) is 0 Å². The van der Waals surface area contributed by atoms with Crippen LogP contribution in [-0.2, 0) is 9.13 Å². The monoisotopic (exact) mass is 413 g/mol. The summed E-state index contributed by atoms with van der Waals surface area (Å²) >= 11 is 0. The van der Waals surface area contributed by atoms with E-state index in [1.807, 2.05) is 0 Å². The van der Waals surface area contributed by atoms with E-state index < -0.39 is 39.1 Å². The fourth-order valence-corrected chi connectivity index (χ4v) is 3.72. The zero-order valence-corrected chi connectivity index (χ0v) is 19.7. The van der Waals surface area contributed by atoms with Crippen molar-refractivity contribution < 1.29 is 102 Å². The average molecular weight is 413 g/mol. The van der Waals surface area contributed by atoms with Gasteiger partial charge in [-0.15, -0.1) is 0 Å². The van der Waals surface area contributed by atoms with Crippen molar-refractivity contribution >= 4 is 21.1 Å². The molecule has 0 heterocycles. The van der Waals surface area contributed by atoms with Crippen LogP contribution in [0.25, 0.3) is 0 Å². The SMILES string of the molecule is COc1cccc(C(=O)NCCC(O)(P(=O)([O-])O)P(=O)([O-])O)c1.[Na+].[Na+]. The number of carbonyl (C=O) groups excluding carboxylic acids is 1. The van der Waals surface area contributed by atoms with Gasteiger partial charge in [-0.2, -0.15) is 0 Å². The van der Waals surface area contributed by atoms with Gasteiger partial charge in [-0.1, -0.05) is 6.07 Å². The zero-order valence-electron chi connectivity index (χ0n) is 13.9. The first-order chi connectivity index (χ1) is 10.4. The number of ether oxygens (including phenoxy) is 1. The molecule has 2 unspecified atom stereocenters. The molecule has 0 fully saturated rings. The first kappa shape index (κ1) is 28.0. The Morgan fingerprint density at radius 1 is 1.24 bits per heavy atom. The van der Waals surface area contributed by atoms with E-state index in [1.54, 1.807) is 6.07 Å². The summed E-state index contributed by atoms with van der Waals surface area (Å²) in [6, 6.07) is 5.88. The minimum absolute atomic E-state index is 0. The molecule has 0 saturated carbocycles. The predicted molar refractivity (Wildman–Crippen MR) is 74.5 cm³/mol.